The molecule has 25 heavy (non-hydrogen) atoms. The van der Waals surface area contributed by atoms with Crippen LogP contribution in [0.15, 0.2) is 21.8 Å². The molecule has 0 aliphatic carbocycles. The predicted molar refractivity (Wildman–Crippen MR) is 104 cm³/mol. The zero-order valence-electron chi connectivity index (χ0n) is 14.2. The fraction of sp³-hybridized carbons (Fsp3) is 0.714. The largest absolute Gasteiger partial charge is 0.364 e. The zero-order chi connectivity index (χ0) is 17.4. The molecule has 1 aromatic rings. The van der Waals surface area contributed by atoms with Crippen LogP contribution in [0, 0.1) is 0 Å². The molecular formula is C14H25FIN5O3S. The van der Waals surface area contributed by atoms with E-state index in [2.05, 4.69) is 20.0 Å². The first kappa shape index (κ1) is 22.1. The van der Waals surface area contributed by atoms with Gasteiger partial charge in [0.05, 0.1) is 12.4 Å². The molecule has 0 saturated carbocycles. The van der Waals surface area contributed by atoms with Crippen LogP contribution >= 0.6 is 24.0 Å². The summed E-state index contributed by atoms with van der Waals surface area (Å²) in [4.78, 5) is 6.38. The Morgan fingerprint density at radius 3 is 2.68 bits per heavy atom. The summed E-state index contributed by atoms with van der Waals surface area (Å²) in [6, 6.07) is 1.55. The molecule has 144 valence electrons. The van der Waals surface area contributed by atoms with Gasteiger partial charge in [0.15, 0.2) is 5.96 Å². The van der Waals surface area contributed by atoms with Crippen LogP contribution in [0.1, 0.15) is 19.0 Å². The van der Waals surface area contributed by atoms with Crippen molar-refractivity contribution in [3.05, 3.63) is 18.0 Å². The third kappa shape index (κ3) is 6.70. The fourth-order valence-electron chi connectivity index (χ4n) is 2.44. The van der Waals surface area contributed by atoms with Gasteiger partial charge in [-0.25, -0.2) is 8.42 Å². The molecule has 1 aromatic heterocycles. The molecule has 0 amide bonds. The molecule has 11 heteroatoms. The number of alkyl halides is 1. The second-order valence-corrected chi connectivity index (χ2v) is 7.38. The van der Waals surface area contributed by atoms with Crippen molar-refractivity contribution in [3.8, 4) is 0 Å². The van der Waals surface area contributed by atoms with Crippen LogP contribution in [0.3, 0.4) is 0 Å². The summed E-state index contributed by atoms with van der Waals surface area (Å²) in [5.74, 6) is 0.549. The number of guanidine groups is 1. The number of sulfonamides is 1. The molecule has 0 unspecified atom stereocenters. The Morgan fingerprint density at radius 1 is 1.40 bits per heavy atom. The van der Waals surface area contributed by atoms with Gasteiger partial charge in [0, 0.05) is 45.3 Å². The molecule has 1 aliphatic heterocycles. The second-order valence-electron chi connectivity index (χ2n) is 5.41. The minimum Gasteiger partial charge on any atom is -0.364 e. The Bertz CT molecular complexity index is 618. The van der Waals surface area contributed by atoms with E-state index in [1.165, 1.54) is 10.6 Å². The second kappa shape index (κ2) is 10.9. The molecule has 2 rings (SSSR count). The number of aromatic nitrogens is 1. The first-order valence-electron chi connectivity index (χ1n) is 8.03. The van der Waals surface area contributed by atoms with E-state index in [-0.39, 0.29) is 29.7 Å². The maximum atomic E-state index is 12.4. The molecular weight excluding hydrogens is 464 g/mol. The van der Waals surface area contributed by atoms with Gasteiger partial charge < -0.3 is 14.7 Å². The van der Waals surface area contributed by atoms with Gasteiger partial charge in [-0.05, 0) is 13.3 Å². The molecule has 0 radical (unpaired) electrons. The van der Waals surface area contributed by atoms with Gasteiger partial charge in [0.1, 0.15) is 12.0 Å². The summed E-state index contributed by atoms with van der Waals surface area (Å²) in [6.07, 6.45) is 1.75. The van der Waals surface area contributed by atoms with Crippen LogP contribution in [0.5, 0.6) is 0 Å². The lowest BCUT2D eigenvalue weighted by molar-refractivity contribution is 0.259. The number of hydrogen-bond acceptors (Lipinski definition) is 5. The van der Waals surface area contributed by atoms with Crippen LogP contribution < -0.4 is 5.32 Å². The molecule has 1 aliphatic rings. The van der Waals surface area contributed by atoms with Gasteiger partial charge in [0.2, 0.25) is 10.0 Å². The van der Waals surface area contributed by atoms with E-state index in [0.717, 1.165) is 0 Å². The molecule has 1 N–H and O–H groups in total. The molecule has 2 heterocycles. The highest BCUT2D eigenvalue weighted by Gasteiger charge is 2.28. The molecule has 1 saturated heterocycles. The van der Waals surface area contributed by atoms with Crippen LogP contribution in [0.25, 0.3) is 0 Å². The van der Waals surface area contributed by atoms with E-state index < -0.39 is 16.7 Å². The Hall–Kier alpha value is -0.950. The van der Waals surface area contributed by atoms with Gasteiger partial charge in [0.25, 0.3) is 0 Å². The van der Waals surface area contributed by atoms with E-state index in [9.17, 15) is 12.8 Å². The molecule has 0 bridgehead atoms. The van der Waals surface area contributed by atoms with E-state index >= 15 is 0 Å². The molecule has 8 nitrogen and oxygen atoms in total. The Balaban J connectivity index is 0.00000312. The maximum absolute atomic E-state index is 12.4. The van der Waals surface area contributed by atoms with Crippen molar-refractivity contribution in [2.24, 2.45) is 4.99 Å². The predicted octanol–water partition coefficient (Wildman–Crippen LogP) is 1.07. The zero-order valence-corrected chi connectivity index (χ0v) is 17.4. The number of halogens is 2. The first-order valence-corrected chi connectivity index (χ1v) is 9.64. The van der Waals surface area contributed by atoms with Crippen LogP contribution in [0.4, 0.5) is 4.39 Å². The number of piperazine rings is 1. The molecule has 0 spiro atoms. The minimum absolute atomic E-state index is 0. The van der Waals surface area contributed by atoms with E-state index in [1.54, 1.807) is 6.07 Å². The summed E-state index contributed by atoms with van der Waals surface area (Å²) in [6.45, 7) is 4.54. The lowest BCUT2D eigenvalue weighted by Gasteiger charge is -2.35. The number of hydrogen-bond donors (Lipinski definition) is 1. The smallest absolute Gasteiger partial charge is 0.220 e. The van der Waals surface area contributed by atoms with Crippen molar-refractivity contribution >= 4 is 40.0 Å². The molecule has 0 aromatic carbocycles. The van der Waals surface area contributed by atoms with Gasteiger partial charge >= 0.3 is 0 Å². The van der Waals surface area contributed by atoms with E-state index in [0.29, 0.717) is 57.3 Å². The van der Waals surface area contributed by atoms with Crippen molar-refractivity contribution in [1.29, 1.82) is 0 Å². The van der Waals surface area contributed by atoms with E-state index in [1.807, 2.05) is 11.8 Å². The SMILES string of the molecule is CCNC(=NCCCF)N1CCN(S(=O)(=O)Cc2ccon2)CC1.I. The summed E-state index contributed by atoms with van der Waals surface area (Å²) in [5, 5.41) is 6.82. The van der Waals surface area contributed by atoms with Crippen LogP contribution in [-0.4, -0.2) is 74.7 Å². The molecule has 1 fully saturated rings. The first-order chi connectivity index (χ1) is 11.6. The highest BCUT2D eigenvalue weighted by atomic mass is 127. The summed E-state index contributed by atoms with van der Waals surface area (Å²) in [7, 11) is -3.41. The number of rotatable bonds is 7. The van der Waals surface area contributed by atoms with Crippen molar-refractivity contribution in [3.63, 3.8) is 0 Å². The van der Waals surface area contributed by atoms with Gasteiger partial charge in [-0.1, -0.05) is 5.16 Å². The topological polar surface area (TPSA) is 91.0 Å². The normalized spacial score (nSPS) is 16.6. The number of nitrogens with zero attached hydrogens (tertiary/aromatic N) is 4. The summed E-state index contributed by atoms with van der Waals surface area (Å²) >= 11 is 0. The lowest BCUT2D eigenvalue weighted by Crippen LogP contribution is -2.53. The quantitative estimate of drug-likeness (QED) is 0.267. The number of aliphatic imine (C=N–C) groups is 1. The average Bonchev–Trinajstić information content (AvgIpc) is 3.06. The van der Waals surface area contributed by atoms with Crippen molar-refractivity contribution in [2.75, 3.05) is 45.9 Å². The maximum Gasteiger partial charge on any atom is 0.220 e. The van der Waals surface area contributed by atoms with Gasteiger partial charge in [-0.3, -0.25) is 9.38 Å². The summed E-state index contributed by atoms with van der Waals surface area (Å²) < 4.78 is 43.2. The molecule has 0 atom stereocenters. The fourth-order valence-corrected chi connectivity index (χ4v) is 3.86. The highest BCUT2D eigenvalue weighted by Crippen LogP contribution is 2.12. The monoisotopic (exact) mass is 489 g/mol. The van der Waals surface area contributed by atoms with Crippen molar-refractivity contribution in [2.45, 2.75) is 19.1 Å². The minimum atomic E-state index is -3.41. The highest BCUT2D eigenvalue weighted by molar-refractivity contribution is 14.0. The summed E-state index contributed by atoms with van der Waals surface area (Å²) in [5.41, 5.74) is 0.401. The standard InChI is InChI=1S/C14H24FN5O3S.HI/c1-2-16-14(17-6-3-5-15)19-7-9-20(10-8-19)24(21,22)12-13-4-11-23-18-13;/h4,11H,2-3,5-10,12H2,1H3,(H,16,17);1H. The third-order valence-electron chi connectivity index (χ3n) is 3.64. The lowest BCUT2D eigenvalue weighted by atomic mass is 10.4. The van der Waals surface area contributed by atoms with Crippen molar-refractivity contribution in [1.82, 2.24) is 19.7 Å². The van der Waals surface area contributed by atoms with E-state index in [4.69, 9.17) is 0 Å². The third-order valence-corrected chi connectivity index (χ3v) is 5.45. The average molecular weight is 489 g/mol. The Labute approximate surface area is 164 Å². The van der Waals surface area contributed by atoms with Crippen LogP contribution in [0.2, 0.25) is 0 Å². The number of nitrogens with one attached hydrogen (secondary N) is 1. The van der Waals surface area contributed by atoms with Gasteiger partial charge in [-0.15, -0.1) is 24.0 Å². The van der Waals surface area contributed by atoms with Crippen molar-refractivity contribution < 1.29 is 17.3 Å². The Morgan fingerprint density at radius 2 is 2.12 bits per heavy atom. The Kier molecular flexibility index (Phi) is 9.64. The van der Waals surface area contributed by atoms with Gasteiger partial charge in [-0.2, -0.15) is 4.31 Å². The van der Waals surface area contributed by atoms with Crippen LogP contribution in [-0.2, 0) is 15.8 Å².